The summed E-state index contributed by atoms with van der Waals surface area (Å²) < 4.78 is 7.46. The van der Waals surface area contributed by atoms with E-state index in [-0.39, 0.29) is 0 Å². The maximum Gasteiger partial charge on any atom is 0.119 e. The number of nitrogens with zero attached hydrogens (tertiary/aromatic N) is 3. The topological polar surface area (TPSA) is 52.0 Å². The lowest BCUT2D eigenvalue weighted by Gasteiger charge is -2.06. The van der Waals surface area contributed by atoms with E-state index in [1.54, 1.807) is 16.4 Å². The molecule has 0 radical (unpaired) electrons. The lowest BCUT2D eigenvalue weighted by Crippen LogP contribution is -2.09. The fourth-order valence-electron chi connectivity index (χ4n) is 1.64. The number of hydrogen-bond donors (Lipinski definition) is 1. The Hall–Kier alpha value is -1.53. The van der Waals surface area contributed by atoms with E-state index in [0.717, 1.165) is 18.0 Å². The molecular weight excluding hydrogens is 260 g/mol. The van der Waals surface area contributed by atoms with Crippen LogP contribution < -0.4 is 10.1 Å². The summed E-state index contributed by atoms with van der Waals surface area (Å²) in [5, 5.41) is 11.1. The van der Waals surface area contributed by atoms with Crippen LogP contribution in [0.25, 0.3) is 0 Å². The van der Waals surface area contributed by atoms with E-state index in [1.165, 1.54) is 4.90 Å². The van der Waals surface area contributed by atoms with Gasteiger partial charge >= 0.3 is 0 Å². The van der Waals surface area contributed by atoms with Crippen molar-refractivity contribution in [3.63, 3.8) is 0 Å². The van der Waals surface area contributed by atoms with Crippen molar-refractivity contribution in [3.05, 3.63) is 36.2 Å². The predicted molar refractivity (Wildman–Crippen MR) is 76.5 cm³/mol. The molecule has 1 aromatic heterocycles. The van der Waals surface area contributed by atoms with Crippen LogP contribution in [0, 0.1) is 0 Å². The Bertz CT molecular complexity index is 498. The zero-order valence-electron chi connectivity index (χ0n) is 11.2. The molecule has 0 aliphatic rings. The molecule has 1 aromatic carbocycles. The molecule has 6 heteroatoms. The molecule has 0 fully saturated rings. The van der Waals surface area contributed by atoms with E-state index in [2.05, 4.69) is 34.0 Å². The minimum Gasteiger partial charge on any atom is -0.492 e. The highest BCUT2D eigenvalue weighted by Crippen LogP contribution is 2.18. The van der Waals surface area contributed by atoms with Gasteiger partial charge in [-0.1, -0.05) is 5.21 Å². The van der Waals surface area contributed by atoms with E-state index in [4.69, 9.17) is 4.74 Å². The molecule has 0 bridgehead atoms. The molecule has 102 valence electrons. The van der Waals surface area contributed by atoms with E-state index in [0.29, 0.717) is 13.2 Å². The number of benzene rings is 1. The summed E-state index contributed by atoms with van der Waals surface area (Å²) in [5.41, 5.74) is 0.937. The van der Waals surface area contributed by atoms with Crippen LogP contribution in [0.15, 0.2) is 35.4 Å². The molecule has 0 spiro atoms. The van der Waals surface area contributed by atoms with E-state index in [1.807, 2.05) is 25.4 Å². The number of ether oxygens (including phenoxy) is 1. The van der Waals surface area contributed by atoms with Crippen molar-refractivity contribution in [1.82, 2.24) is 20.3 Å². The number of thioether (sulfide) groups is 1. The maximum absolute atomic E-state index is 5.67. The average Bonchev–Trinajstić information content (AvgIpc) is 2.88. The largest absolute Gasteiger partial charge is 0.492 e. The molecule has 5 nitrogen and oxygen atoms in total. The van der Waals surface area contributed by atoms with Gasteiger partial charge in [-0.15, -0.1) is 16.9 Å². The molecule has 0 saturated heterocycles. The average molecular weight is 278 g/mol. The van der Waals surface area contributed by atoms with Crippen molar-refractivity contribution in [3.8, 4) is 5.75 Å². The van der Waals surface area contributed by atoms with Crippen molar-refractivity contribution in [2.45, 2.75) is 18.0 Å². The minimum atomic E-state index is 0.584. The van der Waals surface area contributed by atoms with Gasteiger partial charge in [0.1, 0.15) is 12.4 Å². The number of rotatable bonds is 7. The molecule has 0 atom stereocenters. The lowest BCUT2D eigenvalue weighted by molar-refractivity contribution is 0.289. The molecule has 0 aliphatic heterocycles. The summed E-state index contributed by atoms with van der Waals surface area (Å²) in [6, 6.07) is 8.08. The summed E-state index contributed by atoms with van der Waals surface area (Å²) in [6.07, 6.45) is 3.99. The summed E-state index contributed by atoms with van der Waals surface area (Å²) in [5.74, 6) is 0.883. The monoisotopic (exact) mass is 278 g/mol. The van der Waals surface area contributed by atoms with Gasteiger partial charge in [0.25, 0.3) is 0 Å². The fraction of sp³-hybridized carbons (Fsp3) is 0.385. The quantitative estimate of drug-likeness (QED) is 0.783. The SMILES string of the molecule is CNCc1cn(CCOc2ccc(SC)cc2)nn1. The molecule has 0 unspecified atom stereocenters. The molecule has 2 rings (SSSR count). The van der Waals surface area contributed by atoms with Gasteiger partial charge in [0.05, 0.1) is 12.2 Å². The molecule has 19 heavy (non-hydrogen) atoms. The summed E-state index contributed by atoms with van der Waals surface area (Å²) in [7, 11) is 1.89. The van der Waals surface area contributed by atoms with Crippen LogP contribution in [0.2, 0.25) is 0 Å². The van der Waals surface area contributed by atoms with Gasteiger partial charge in [-0.3, -0.25) is 0 Å². The maximum atomic E-state index is 5.67. The molecular formula is C13H18N4OS. The Balaban J connectivity index is 1.78. The third-order valence-corrected chi connectivity index (χ3v) is 3.34. The first kappa shape index (κ1) is 13.9. The van der Waals surface area contributed by atoms with Crippen molar-refractivity contribution >= 4 is 11.8 Å². The summed E-state index contributed by atoms with van der Waals surface area (Å²) >= 11 is 1.72. The van der Waals surface area contributed by atoms with E-state index < -0.39 is 0 Å². The second-order valence-corrected chi connectivity index (χ2v) is 4.91. The first-order valence-electron chi connectivity index (χ1n) is 6.12. The van der Waals surface area contributed by atoms with E-state index in [9.17, 15) is 0 Å². The van der Waals surface area contributed by atoms with Gasteiger partial charge < -0.3 is 10.1 Å². The molecule has 0 amide bonds. The highest BCUT2D eigenvalue weighted by molar-refractivity contribution is 7.98. The van der Waals surface area contributed by atoms with E-state index >= 15 is 0 Å². The number of aromatic nitrogens is 3. The first-order chi connectivity index (χ1) is 9.31. The van der Waals surface area contributed by atoms with Crippen molar-refractivity contribution in [2.75, 3.05) is 19.9 Å². The van der Waals surface area contributed by atoms with Crippen LogP contribution >= 0.6 is 11.8 Å². The van der Waals surface area contributed by atoms with Crippen molar-refractivity contribution in [1.29, 1.82) is 0 Å². The third-order valence-electron chi connectivity index (χ3n) is 2.59. The van der Waals surface area contributed by atoms with Crippen LogP contribution in [-0.2, 0) is 13.1 Å². The van der Waals surface area contributed by atoms with Crippen LogP contribution in [-0.4, -0.2) is 34.9 Å². The van der Waals surface area contributed by atoms with Gasteiger partial charge in [0, 0.05) is 17.6 Å². The standard InChI is InChI=1S/C13H18N4OS/c1-14-9-11-10-17(16-15-11)7-8-18-12-3-5-13(19-2)6-4-12/h3-6,10,14H,7-9H2,1-2H3. The minimum absolute atomic E-state index is 0.584. The Kier molecular flexibility index (Phi) is 5.23. The van der Waals surface area contributed by atoms with Crippen molar-refractivity contribution < 1.29 is 4.74 Å². The van der Waals surface area contributed by atoms with Crippen LogP contribution in [0.1, 0.15) is 5.69 Å². The molecule has 1 heterocycles. The van der Waals surface area contributed by atoms with Gasteiger partial charge in [0.2, 0.25) is 0 Å². The highest BCUT2D eigenvalue weighted by Gasteiger charge is 2.00. The summed E-state index contributed by atoms with van der Waals surface area (Å²) in [4.78, 5) is 1.24. The molecule has 0 aliphatic carbocycles. The molecule has 2 aromatic rings. The van der Waals surface area contributed by atoms with Crippen LogP contribution in [0.3, 0.4) is 0 Å². The predicted octanol–water partition coefficient (Wildman–Crippen LogP) is 1.80. The first-order valence-corrected chi connectivity index (χ1v) is 7.35. The number of nitrogens with one attached hydrogen (secondary N) is 1. The lowest BCUT2D eigenvalue weighted by atomic mass is 10.3. The Morgan fingerprint density at radius 2 is 2.11 bits per heavy atom. The van der Waals surface area contributed by atoms with Crippen LogP contribution in [0.5, 0.6) is 5.75 Å². The Labute approximate surface area is 117 Å². The van der Waals surface area contributed by atoms with Crippen molar-refractivity contribution in [2.24, 2.45) is 0 Å². The summed E-state index contributed by atoms with van der Waals surface area (Å²) in [6.45, 7) is 2.01. The Morgan fingerprint density at radius 1 is 1.32 bits per heavy atom. The third kappa shape index (κ3) is 4.25. The normalized spacial score (nSPS) is 10.6. The van der Waals surface area contributed by atoms with Gasteiger partial charge in [-0.2, -0.15) is 0 Å². The number of hydrogen-bond acceptors (Lipinski definition) is 5. The zero-order chi connectivity index (χ0) is 13.5. The zero-order valence-corrected chi connectivity index (χ0v) is 12.0. The highest BCUT2D eigenvalue weighted by atomic mass is 32.2. The second kappa shape index (κ2) is 7.16. The van der Waals surface area contributed by atoms with Gasteiger partial charge in [-0.05, 0) is 37.6 Å². The Morgan fingerprint density at radius 3 is 2.79 bits per heavy atom. The van der Waals surface area contributed by atoms with Gasteiger partial charge in [-0.25, -0.2) is 4.68 Å². The molecule has 0 saturated carbocycles. The fourth-order valence-corrected chi connectivity index (χ4v) is 2.05. The smallest absolute Gasteiger partial charge is 0.119 e. The van der Waals surface area contributed by atoms with Crippen LogP contribution in [0.4, 0.5) is 0 Å². The molecule has 1 N–H and O–H groups in total. The van der Waals surface area contributed by atoms with Gasteiger partial charge in [0.15, 0.2) is 0 Å². The second-order valence-electron chi connectivity index (χ2n) is 4.03.